The van der Waals surface area contributed by atoms with Crippen molar-refractivity contribution in [3.8, 4) is 0 Å². The molecule has 0 unspecified atom stereocenters. The number of carbonyl (C=O) groups is 1. The van der Waals surface area contributed by atoms with Crippen molar-refractivity contribution in [1.82, 2.24) is 14.7 Å². The van der Waals surface area contributed by atoms with E-state index in [1.54, 1.807) is 4.90 Å². The predicted octanol–water partition coefficient (Wildman–Crippen LogP) is 5.77. The molecule has 0 spiro atoms. The van der Waals surface area contributed by atoms with Crippen molar-refractivity contribution in [2.75, 3.05) is 11.9 Å². The molecule has 2 aliphatic rings. The average molecular weight is 491 g/mol. The van der Waals surface area contributed by atoms with Gasteiger partial charge in [-0.1, -0.05) is 13.0 Å². The zero-order chi connectivity index (χ0) is 20.8. The summed E-state index contributed by atoms with van der Waals surface area (Å²) in [4.78, 5) is 15.8. The number of amides is 1. The molecule has 4 rings (SSSR count). The van der Waals surface area contributed by atoms with E-state index in [1.165, 1.54) is 11.3 Å². The number of halogens is 4. The molecule has 2 aromatic heterocycles. The van der Waals surface area contributed by atoms with E-state index in [9.17, 15) is 18.0 Å². The maximum atomic E-state index is 13.9. The lowest BCUT2D eigenvalue weighted by atomic mass is 9.99. The number of anilines is 1. The van der Waals surface area contributed by atoms with Crippen molar-refractivity contribution < 1.29 is 18.0 Å². The third-order valence-electron chi connectivity index (χ3n) is 5.74. The summed E-state index contributed by atoms with van der Waals surface area (Å²) in [5, 5.41) is 9.17. The molecule has 3 atom stereocenters. The van der Waals surface area contributed by atoms with Crippen LogP contribution in [-0.4, -0.2) is 39.4 Å². The Morgan fingerprint density at radius 3 is 2.86 bits per heavy atom. The first-order valence-corrected chi connectivity index (χ1v) is 11.4. The molecule has 29 heavy (non-hydrogen) atoms. The van der Waals surface area contributed by atoms with Crippen molar-refractivity contribution >= 4 is 39.0 Å². The van der Waals surface area contributed by atoms with Gasteiger partial charge in [0.05, 0.1) is 10.5 Å². The minimum Gasteiger partial charge on any atom is -0.362 e. The molecule has 0 bridgehead atoms. The molecule has 0 aromatic carbocycles. The zero-order valence-electron chi connectivity index (χ0n) is 15.9. The smallest absolute Gasteiger partial charge is 0.362 e. The monoisotopic (exact) mass is 490 g/mol. The second-order valence-electron chi connectivity index (χ2n) is 7.52. The van der Waals surface area contributed by atoms with Crippen molar-refractivity contribution in [3.05, 3.63) is 32.6 Å². The van der Waals surface area contributed by atoms with E-state index in [0.717, 1.165) is 35.2 Å². The molecule has 158 valence electrons. The second-order valence-corrected chi connectivity index (χ2v) is 9.29. The van der Waals surface area contributed by atoms with Gasteiger partial charge in [0.1, 0.15) is 5.82 Å². The molecule has 1 fully saturated rings. The Labute approximate surface area is 179 Å². The fourth-order valence-corrected chi connectivity index (χ4v) is 5.57. The number of likely N-dealkylation sites (tertiary alicyclic amines) is 1. The highest BCUT2D eigenvalue weighted by Crippen LogP contribution is 2.47. The Hall–Kier alpha value is -1.55. The van der Waals surface area contributed by atoms with Gasteiger partial charge in [0.2, 0.25) is 0 Å². The van der Waals surface area contributed by atoms with Crippen LogP contribution in [-0.2, 0) is 0 Å². The van der Waals surface area contributed by atoms with Crippen LogP contribution in [0.25, 0.3) is 0 Å². The number of aromatic nitrogens is 2. The van der Waals surface area contributed by atoms with E-state index in [0.29, 0.717) is 11.0 Å². The van der Waals surface area contributed by atoms with E-state index in [1.807, 2.05) is 24.4 Å². The minimum atomic E-state index is -4.46. The lowest BCUT2D eigenvalue weighted by Gasteiger charge is -2.34. The highest BCUT2D eigenvalue weighted by atomic mass is 79.9. The van der Waals surface area contributed by atoms with E-state index < -0.39 is 18.3 Å². The van der Waals surface area contributed by atoms with Crippen LogP contribution >= 0.6 is 27.3 Å². The summed E-state index contributed by atoms with van der Waals surface area (Å²) in [5.41, 5.74) is 0.0499. The van der Waals surface area contributed by atoms with Crippen molar-refractivity contribution in [1.29, 1.82) is 0 Å². The molecule has 1 amide bonds. The zero-order valence-corrected chi connectivity index (χ0v) is 18.3. The molecule has 0 radical (unpaired) electrons. The number of piperidine rings is 1. The van der Waals surface area contributed by atoms with Crippen molar-refractivity contribution in [2.24, 2.45) is 0 Å². The lowest BCUT2D eigenvalue weighted by Crippen LogP contribution is -2.43. The third kappa shape index (κ3) is 3.81. The Morgan fingerprint density at radius 2 is 2.21 bits per heavy atom. The van der Waals surface area contributed by atoms with Gasteiger partial charge in [0.25, 0.3) is 5.91 Å². The van der Waals surface area contributed by atoms with Crippen molar-refractivity contribution in [3.63, 3.8) is 0 Å². The van der Waals surface area contributed by atoms with Gasteiger partial charge in [-0.25, -0.2) is 4.68 Å². The van der Waals surface area contributed by atoms with Gasteiger partial charge < -0.3 is 10.2 Å². The number of carbonyl (C=O) groups excluding carboxylic acids is 1. The number of alkyl halides is 3. The SMILES string of the molecule is CC[C@H]1CCCCN1C(=O)c1nn2c(c1Br)N[C@@H](c1cccs1)C[C@@H]2C(F)(F)F. The molecule has 0 aliphatic carbocycles. The summed E-state index contributed by atoms with van der Waals surface area (Å²) in [6.45, 7) is 2.64. The second kappa shape index (κ2) is 7.94. The third-order valence-corrected chi connectivity index (χ3v) is 7.48. The first kappa shape index (κ1) is 20.7. The van der Waals surface area contributed by atoms with E-state index in [4.69, 9.17) is 0 Å². The Balaban J connectivity index is 1.72. The largest absolute Gasteiger partial charge is 0.410 e. The Kier molecular flexibility index (Phi) is 5.67. The number of hydrogen-bond acceptors (Lipinski definition) is 4. The van der Waals surface area contributed by atoms with Crippen LogP contribution in [0.15, 0.2) is 22.0 Å². The number of nitrogens with zero attached hydrogens (tertiary/aromatic N) is 3. The fraction of sp³-hybridized carbons (Fsp3) is 0.579. The summed E-state index contributed by atoms with van der Waals surface area (Å²) in [5.74, 6) is -0.0916. The van der Waals surface area contributed by atoms with Crippen LogP contribution in [0.3, 0.4) is 0 Å². The van der Waals surface area contributed by atoms with Gasteiger partial charge in [-0.3, -0.25) is 4.79 Å². The number of thiophene rings is 1. The molecule has 1 saturated heterocycles. The molecule has 5 nitrogen and oxygen atoms in total. The van der Waals surface area contributed by atoms with Gasteiger partial charge in [-0.05, 0) is 53.1 Å². The van der Waals surface area contributed by atoms with Crippen LogP contribution < -0.4 is 5.32 Å². The molecule has 1 N–H and O–H groups in total. The topological polar surface area (TPSA) is 50.2 Å². The molecular weight excluding hydrogens is 469 g/mol. The highest BCUT2D eigenvalue weighted by molar-refractivity contribution is 9.10. The standard InChI is InChI=1S/C19H22BrF3N4OS/c1-2-11-6-3-4-8-26(11)18(28)16-15(20)17-24-12(13-7-5-9-29-13)10-14(19(21,22)23)27(17)25-16/h5,7,9,11-12,14,24H,2-4,6,8,10H2,1H3/t11-,12+,14+/m0/s1. The van der Waals surface area contributed by atoms with Crippen LogP contribution in [0.2, 0.25) is 0 Å². The number of hydrogen-bond donors (Lipinski definition) is 1. The number of fused-ring (bicyclic) bond motifs is 1. The van der Waals surface area contributed by atoms with Crippen LogP contribution in [0.5, 0.6) is 0 Å². The predicted molar refractivity (Wildman–Crippen MR) is 109 cm³/mol. The Morgan fingerprint density at radius 1 is 1.41 bits per heavy atom. The van der Waals surface area contributed by atoms with Crippen LogP contribution in [0.1, 0.15) is 66.5 Å². The first-order valence-electron chi connectivity index (χ1n) is 9.76. The molecule has 0 saturated carbocycles. The van der Waals surface area contributed by atoms with Gasteiger partial charge in [0, 0.05) is 23.9 Å². The van der Waals surface area contributed by atoms with E-state index in [-0.39, 0.29) is 29.9 Å². The molecular formula is C19H22BrF3N4OS. The minimum absolute atomic E-state index is 0.0499. The summed E-state index contributed by atoms with van der Waals surface area (Å²) >= 11 is 4.79. The average Bonchev–Trinajstić information content (AvgIpc) is 3.34. The van der Waals surface area contributed by atoms with Gasteiger partial charge in [-0.15, -0.1) is 11.3 Å². The van der Waals surface area contributed by atoms with E-state index in [2.05, 4.69) is 26.3 Å². The van der Waals surface area contributed by atoms with E-state index >= 15 is 0 Å². The van der Waals surface area contributed by atoms with Crippen LogP contribution in [0, 0.1) is 0 Å². The van der Waals surface area contributed by atoms with Gasteiger partial charge >= 0.3 is 6.18 Å². The summed E-state index contributed by atoms with van der Waals surface area (Å²) in [7, 11) is 0. The van der Waals surface area contributed by atoms with Gasteiger partial charge in [-0.2, -0.15) is 18.3 Å². The summed E-state index contributed by atoms with van der Waals surface area (Å²) < 4.78 is 42.8. The maximum absolute atomic E-state index is 13.9. The number of nitrogens with one attached hydrogen (secondary N) is 1. The Bertz CT molecular complexity index is 883. The summed E-state index contributed by atoms with van der Waals surface area (Å²) in [6, 6.07) is 1.48. The lowest BCUT2D eigenvalue weighted by molar-refractivity contribution is -0.173. The summed E-state index contributed by atoms with van der Waals surface area (Å²) in [6.07, 6.45) is -0.936. The normalized spacial score (nSPS) is 24.9. The first-order chi connectivity index (χ1) is 13.8. The van der Waals surface area contributed by atoms with Crippen LogP contribution in [0.4, 0.5) is 19.0 Å². The van der Waals surface area contributed by atoms with Crippen molar-refractivity contribution in [2.45, 2.75) is 63.3 Å². The quantitative estimate of drug-likeness (QED) is 0.593. The highest BCUT2D eigenvalue weighted by Gasteiger charge is 2.48. The molecule has 4 heterocycles. The molecule has 2 aromatic rings. The fourth-order valence-electron chi connectivity index (χ4n) is 4.23. The van der Waals surface area contributed by atoms with Gasteiger partial charge in [0.15, 0.2) is 11.7 Å². The molecule has 10 heteroatoms. The maximum Gasteiger partial charge on any atom is 0.410 e. The number of rotatable bonds is 3. The molecule has 2 aliphatic heterocycles.